The summed E-state index contributed by atoms with van der Waals surface area (Å²) in [5.74, 6) is 0.0784. The maximum absolute atomic E-state index is 13.1. The summed E-state index contributed by atoms with van der Waals surface area (Å²) in [4.78, 5) is 15.0. The number of carbonyl (C=O) groups excluding carboxylic acids is 1. The Morgan fingerprint density at radius 3 is 2.46 bits per heavy atom. The summed E-state index contributed by atoms with van der Waals surface area (Å²) < 4.78 is 0. The summed E-state index contributed by atoms with van der Waals surface area (Å²) >= 11 is 0. The minimum absolute atomic E-state index is 0.0458. The van der Waals surface area contributed by atoms with E-state index in [2.05, 4.69) is 18.2 Å². The van der Waals surface area contributed by atoms with E-state index < -0.39 is 0 Å². The number of aryl methyl sites for hydroxylation is 2. The van der Waals surface area contributed by atoms with Gasteiger partial charge in [0.05, 0.1) is 6.10 Å². The SMILES string of the molecule is Cc1cc(C)cc(C(=O)N2CCC(O)CC2Cc2ccccc2)c1. The molecule has 0 bridgehead atoms. The van der Waals surface area contributed by atoms with E-state index in [1.54, 1.807) is 0 Å². The first kappa shape index (κ1) is 16.7. The van der Waals surface area contributed by atoms with Crippen molar-refractivity contribution in [3.63, 3.8) is 0 Å². The van der Waals surface area contributed by atoms with Crippen molar-refractivity contribution in [2.45, 2.75) is 45.3 Å². The van der Waals surface area contributed by atoms with E-state index >= 15 is 0 Å². The van der Waals surface area contributed by atoms with Crippen molar-refractivity contribution in [2.75, 3.05) is 6.54 Å². The molecule has 1 N–H and O–H groups in total. The standard InChI is InChI=1S/C21H25NO2/c1-15-10-16(2)12-18(11-15)21(24)22-9-8-20(23)14-19(22)13-17-6-4-3-5-7-17/h3-7,10-12,19-20,23H,8-9,13-14H2,1-2H3. The van der Waals surface area contributed by atoms with Gasteiger partial charge in [0.15, 0.2) is 0 Å². The number of carbonyl (C=O) groups is 1. The van der Waals surface area contributed by atoms with Crippen LogP contribution in [0.15, 0.2) is 48.5 Å². The number of aliphatic hydroxyl groups is 1. The first-order chi connectivity index (χ1) is 11.5. The number of amides is 1. The second-order valence-electron chi connectivity index (χ2n) is 6.90. The fourth-order valence-electron chi connectivity index (χ4n) is 3.64. The van der Waals surface area contributed by atoms with Crippen molar-refractivity contribution in [1.29, 1.82) is 0 Å². The van der Waals surface area contributed by atoms with E-state index in [1.165, 1.54) is 5.56 Å². The topological polar surface area (TPSA) is 40.5 Å². The number of piperidine rings is 1. The molecule has 1 amide bonds. The molecular formula is C21H25NO2. The molecule has 1 fully saturated rings. The van der Waals surface area contributed by atoms with Gasteiger partial charge in [-0.05, 0) is 50.8 Å². The first-order valence-electron chi connectivity index (χ1n) is 8.64. The Hall–Kier alpha value is -2.13. The largest absolute Gasteiger partial charge is 0.393 e. The van der Waals surface area contributed by atoms with Gasteiger partial charge < -0.3 is 10.0 Å². The Labute approximate surface area is 143 Å². The minimum Gasteiger partial charge on any atom is -0.393 e. The third kappa shape index (κ3) is 3.85. The molecule has 126 valence electrons. The van der Waals surface area contributed by atoms with E-state index in [4.69, 9.17) is 0 Å². The number of benzene rings is 2. The minimum atomic E-state index is -0.318. The Kier molecular flexibility index (Phi) is 5.00. The van der Waals surface area contributed by atoms with Crippen LogP contribution < -0.4 is 0 Å². The second kappa shape index (κ2) is 7.18. The van der Waals surface area contributed by atoms with Gasteiger partial charge in [0.2, 0.25) is 0 Å². The molecule has 2 unspecified atom stereocenters. The molecule has 2 aromatic carbocycles. The van der Waals surface area contributed by atoms with Gasteiger partial charge in [0.1, 0.15) is 0 Å². The van der Waals surface area contributed by atoms with E-state index in [-0.39, 0.29) is 18.1 Å². The average Bonchev–Trinajstić information content (AvgIpc) is 2.54. The fourth-order valence-corrected chi connectivity index (χ4v) is 3.64. The van der Waals surface area contributed by atoms with Crippen LogP contribution in [0.3, 0.4) is 0 Å². The molecule has 3 heteroatoms. The summed E-state index contributed by atoms with van der Waals surface area (Å²) in [5.41, 5.74) is 4.17. The lowest BCUT2D eigenvalue weighted by Crippen LogP contribution is -2.48. The highest BCUT2D eigenvalue weighted by Crippen LogP contribution is 2.24. The summed E-state index contributed by atoms with van der Waals surface area (Å²) in [6.07, 6.45) is 1.77. The quantitative estimate of drug-likeness (QED) is 0.939. The van der Waals surface area contributed by atoms with Crippen LogP contribution in [0.2, 0.25) is 0 Å². The van der Waals surface area contributed by atoms with E-state index in [1.807, 2.05) is 49.1 Å². The molecule has 2 aromatic rings. The predicted molar refractivity (Wildman–Crippen MR) is 96.1 cm³/mol. The zero-order valence-corrected chi connectivity index (χ0v) is 14.4. The van der Waals surface area contributed by atoms with Gasteiger partial charge in [-0.3, -0.25) is 4.79 Å². The second-order valence-corrected chi connectivity index (χ2v) is 6.90. The van der Waals surface area contributed by atoms with Gasteiger partial charge in [-0.15, -0.1) is 0 Å². The van der Waals surface area contributed by atoms with Crippen molar-refractivity contribution >= 4 is 5.91 Å². The molecule has 3 nitrogen and oxygen atoms in total. The molecule has 0 spiro atoms. The van der Waals surface area contributed by atoms with Crippen LogP contribution in [0.1, 0.15) is 39.9 Å². The third-order valence-electron chi connectivity index (χ3n) is 4.73. The summed E-state index contributed by atoms with van der Waals surface area (Å²) in [5, 5.41) is 10.1. The van der Waals surface area contributed by atoms with Crippen LogP contribution in [0, 0.1) is 13.8 Å². The number of hydrogen-bond donors (Lipinski definition) is 1. The molecule has 0 aromatic heterocycles. The van der Waals surface area contributed by atoms with Crippen molar-refractivity contribution < 1.29 is 9.90 Å². The van der Waals surface area contributed by atoms with Crippen LogP contribution in [0.4, 0.5) is 0 Å². The van der Waals surface area contributed by atoms with Crippen LogP contribution in [-0.2, 0) is 6.42 Å². The van der Waals surface area contributed by atoms with Crippen molar-refractivity contribution in [3.8, 4) is 0 Å². The molecule has 1 aliphatic heterocycles. The molecule has 3 rings (SSSR count). The van der Waals surface area contributed by atoms with Gasteiger partial charge in [-0.2, -0.15) is 0 Å². The highest BCUT2D eigenvalue weighted by molar-refractivity contribution is 5.95. The Morgan fingerprint density at radius 1 is 1.12 bits per heavy atom. The summed E-state index contributed by atoms with van der Waals surface area (Å²) in [7, 11) is 0. The van der Waals surface area contributed by atoms with E-state index in [9.17, 15) is 9.90 Å². The number of nitrogens with zero attached hydrogens (tertiary/aromatic N) is 1. The zero-order chi connectivity index (χ0) is 17.1. The Bertz CT molecular complexity index is 691. The molecular weight excluding hydrogens is 298 g/mol. The van der Waals surface area contributed by atoms with Crippen LogP contribution in [-0.4, -0.2) is 34.6 Å². The zero-order valence-electron chi connectivity index (χ0n) is 14.4. The van der Waals surface area contributed by atoms with E-state index in [0.717, 1.165) is 23.1 Å². The maximum Gasteiger partial charge on any atom is 0.254 e. The highest BCUT2D eigenvalue weighted by Gasteiger charge is 2.31. The monoisotopic (exact) mass is 323 g/mol. The van der Waals surface area contributed by atoms with Crippen LogP contribution in [0.25, 0.3) is 0 Å². The molecule has 2 atom stereocenters. The van der Waals surface area contributed by atoms with Gasteiger partial charge in [-0.25, -0.2) is 0 Å². The third-order valence-corrected chi connectivity index (χ3v) is 4.73. The van der Waals surface area contributed by atoms with Crippen molar-refractivity contribution in [3.05, 3.63) is 70.8 Å². The first-order valence-corrected chi connectivity index (χ1v) is 8.64. The lowest BCUT2D eigenvalue weighted by Gasteiger charge is -2.38. The van der Waals surface area contributed by atoms with Gasteiger partial charge in [0.25, 0.3) is 5.91 Å². The molecule has 0 saturated carbocycles. The van der Waals surface area contributed by atoms with Gasteiger partial charge in [-0.1, -0.05) is 47.5 Å². The summed E-state index contributed by atoms with van der Waals surface area (Å²) in [6.45, 7) is 4.65. The number of aliphatic hydroxyl groups excluding tert-OH is 1. The smallest absolute Gasteiger partial charge is 0.254 e. The van der Waals surface area contributed by atoms with Crippen molar-refractivity contribution in [1.82, 2.24) is 4.90 Å². The lowest BCUT2D eigenvalue weighted by atomic mass is 9.92. The Morgan fingerprint density at radius 2 is 1.79 bits per heavy atom. The van der Waals surface area contributed by atoms with Crippen molar-refractivity contribution in [2.24, 2.45) is 0 Å². The molecule has 0 radical (unpaired) electrons. The van der Waals surface area contributed by atoms with Crippen LogP contribution >= 0.6 is 0 Å². The molecule has 1 saturated heterocycles. The van der Waals surface area contributed by atoms with E-state index in [0.29, 0.717) is 19.4 Å². The number of rotatable bonds is 3. The average molecular weight is 323 g/mol. The van der Waals surface area contributed by atoms with Crippen LogP contribution in [0.5, 0.6) is 0 Å². The highest BCUT2D eigenvalue weighted by atomic mass is 16.3. The molecule has 1 aliphatic rings. The number of likely N-dealkylation sites (tertiary alicyclic amines) is 1. The Balaban J connectivity index is 1.84. The maximum atomic E-state index is 13.1. The normalized spacial score (nSPS) is 20.9. The predicted octanol–water partition coefficient (Wildman–Crippen LogP) is 3.51. The summed E-state index contributed by atoms with van der Waals surface area (Å²) in [6, 6.07) is 16.2. The van der Waals surface area contributed by atoms with Gasteiger partial charge >= 0.3 is 0 Å². The molecule has 24 heavy (non-hydrogen) atoms. The fraction of sp³-hybridized carbons (Fsp3) is 0.381. The molecule has 0 aliphatic carbocycles. The van der Waals surface area contributed by atoms with Gasteiger partial charge in [0, 0.05) is 18.2 Å². The lowest BCUT2D eigenvalue weighted by molar-refractivity contribution is 0.0324. The number of hydrogen-bond acceptors (Lipinski definition) is 2. The molecule has 1 heterocycles.